The Kier molecular flexibility index (Phi) is 4.89. The monoisotopic (exact) mass is 347 g/mol. The summed E-state index contributed by atoms with van der Waals surface area (Å²) in [7, 11) is 3.21. The van der Waals surface area contributed by atoms with Crippen LogP contribution in [-0.4, -0.2) is 42.8 Å². The molecule has 0 radical (unpaired) electrons. The van der Waals surface area contributed by atoms with E-state index in [-0.39, 0.29) is 6.03 Å². The van der Waals surface area contributed by atoms with Gasteiger partial charge in [-0.15, -0.1) is 11.3 Å². The molecule has 24 heavy (non-hydrogen) atoms. The molecule has 1 aliphatic rings. The number of carbonyl (C=O) groups is 1. The van der Waals surface area contributed by atoms with Gasteiger partial charge in [-0.1, -0.05) is 0 Å². The summed E-state index contributed by atoms with van der Waals surface area (Å²) in [5.74, 6) is 1.31. The van der Waals surface area contributed by atoms with Crippen molar-refractivity contribution in [1.82, 2.24) is 9.47 Å². The normalized spacial score (nSPS) is 15.0. The van der Waals surface area contributed by atoms with Crippen molar-refractivity contribution in [2.24, 2.45) is 4.99 Å². The molecule has 6 nitrogen and oxygen atoms in total. The fraction of sp³-hybridized carbons (Fsp3) is 0.412. The van der Waals surface area contributed by atoms with Crippen molar-refractivity contribution in [3.8, 4) is 17.2 Å². The van der Waals surface area contributed by atoms with Gasteiger partial charge >= 0.3 is 6.03 Å². The van der Waals surface area contributed by atoms with Crippen molar-refractivity contribution in [2.75, 3.05) is 27.3 Å². The first-order valence-corrected chi connectivity index (χ1v) is 8.69. The molecule has 3 rings (SSSR count). The molecule has 2 aromatic rings. The number of carbonyl (C=O) groups excluding carboxylic acids is 1. The molecule has 2 heterocycles. The number of hydrogen-bond acceptors (Lipinski definition) is 4. The SMILES string of the molecule is COc1ccc(-n2cc(C)sc2=NC(=O)N2CCCC2)cc1OC. The van der Waals surface area contributed by atoms with E-state index < -0.39 is 0 Å². The Morgan fingerprint density at radius 1 is 1.17 bits per heavy atom. The largest absolute Gasteiger partial charge is 0.493 e. The van der Waals surface area contributed by atoms with Gasteiger partial charge in [-0.3, -0.25) is 4.57 Å². The van der Waals surface area contributed by atoms with Crippen molar-refractivity contribution < 1.29 is 14.3 Å². The molecular weight excluding hydrogens is 326 g/mol. The fourth-order valence-electron chi connectivity index (χ4n) is 2.75. The molecule has 0 bridgehead atoms. The summed E-state index contributed by atoms with van der Waals surface area (Å²) in [4.78, 5) is 20.2. The van der Waals surface area contributed by atoms with Gasteiger partial charge in [0.15, 0.2) is 16.3 Å². The van der Waals surface area contributed by atoms with Crippen LogP contribution in [0.3, 0.4) is 0 Å². The van der Waals surface area contributed by atoms with E-state index in [0.29, 0.717) is 16.3 Å². The van der Waals surface area contributed by atoms with Crippen molar-refractivity contribution in [1.29, 1.82) is 0 Å². The molecule has 0 saturated carbocycles. The van der Waals surface area contributed by atoms with Crippen molar-refractivity contribution >= 4 is 17.4 Å². The Balaban J connectivity index is 2.01. The standard InChI is InChI=1S/C17H21N3O3S/c1-12-11-20(13-6-7-14(22-2)15(10-13)23-3)17(24-12)18-16(21)19-8-4-5-9-19/h6-7,10-11H,4-5,8-9H2,1-3H3. The van der Waals surface area contributed by atoms with Gasteiger partial charge in [0.05, 0.1) is 19.9 Å². The number of nitrogens with zero attached hydrogens (tertiary/aromatic N) is 3. The zero-order valence-electron chi connectivity index (χ0n) is 14.1. The molecule has 7 heteroatoms. The maximum Gasteiger partial charge on any atom is 0.346 e. The summed E-state index contributed by atoms with van der Waals surface area (Å²) in [5, 5.41) is 0. The molecule has 0 atom stereocenters. The quantitative estimate of drug-likeness (QED) is 0.858. The molecule has 2 amide bonds. The highest BCUT2D eigenvalue weighted by molar-refractivity contribution is 7.09. The van der Waals surface area contributed by atoms with Crippen LogP contribution in [0.15, 0.2) is 29.4 Å². The van der Waals surface area contributed by atoms with Crippen LogP contribution in [-0.2, 0) is 0 Å². The summed E-state index contributed by atoms with van der Waals surface area (Å²) in [6.07, 6.45) is 4.09. The van der Waals surface area contributed by atoms with Gasteiger partial charge in [-0.25, -0.2) is 4.79 Å². The summed E-state index contributed by atoms with van der Waals surface area (Å²) in [6.45, 7) is 3.59. The highest BCUT2D eigenvalue weighted by Crippen LogP contribution is 2.29. The predicted molar refractivity (Wildman–Crippen MR) is 93.3 cm³/mol. The minimum atomic E-state index is -0.163. The van der Waals surface area contributed by atoms with Crippen LogP contribution >= 0.6 is 11.3 Å². The number of thiazole rings is 1. The van der Waals surface area contributed by atoms with Crippen molar-refractivity contribution in [2.45, 2.75) is 19.8 Å². The van der Waals surface area contributed by atoms with E-state index in [4.69, 9.17) is 9.47 Å². The summed E-state index contributed by atoms with van der Waals surface area (Å²) >= 11 is 1.50. The topological polar surface area (TPSA) is 56.1 Å². The summed E-state index contributed by atoms with van der Waals surface area (Å²) < 4.78 is 12.6. The van der Waals surface area contributed by atoms with E-state index in [2.05, 4.69) is 4.99 Å². The lowest BCUT2D eigenvalue weighted by Crippen LogP contribution is -2.27. The van der Waals surface area contributed by atoms with Gasteiger partial charge in [0.2, 0.25) is 0 Å². The molecule has 1 fully saturated rings. The van der Waals surface area contributed by atoms with Crippen LogP contribution in [0.1, 0.15) is 17.7 Å². The third kappa shape index (κ3) is 3.31. The van der Waals surface area contributed by atoms with Gasteiger partial charge < -0.3 is 14.4 Å². The zero-order chi connectivity index (χ0) is 17.1. The second-order valence-corrected chi connectivity index (χ2v) is 6.84. The number of ether oxygens (including phenoxy) is 2. The average Bonchev–Trinajstić information content (AvgIpc) is 3.24. The molecular formula is C17H21N3O3S. The Morgan fingerprint density at radius 3 is 2.54 bits per heavy atom. The van der Waals surface area contributed by atoms with Crippen LogP contribution in [0.5, 0.6) is 11.5 Å². The maximum atomic E-state index is 12.3. The lowest BCUT2D eigenvalue weighted by atomic mass is 10.2. The van der Waals surface area contributed by atoms with Gasteiger partial charge in [0.1, 0.15) is 0 Å². The Hall–Kier alpha value is -2.28. The number of benzene rings is 1. The maximum absolute atomic E-state index is 12.3. The zero-order valence-corrected chi connectivity index (χ0v) is 14.9. The van der Waals surface area contributed by atoms with E-state index in [9.17, 15) is 4.79 Å². The number of methoxy groups -OCH3 is 2. The van der Waals surface area contributed by atoms with Crippen LogP contribution in [0, 0.1) is 6.92 Å². The minimum absolute atomic E-state index is 0.163. The molecule has 128 valence electrons. The van der Waals surface area contributed by atoms with Gasteiger partial charge in [-0.2, -0.15) is 4.99 Å². The van der Waals surface area contributed by atoms with Gasteiger partial charge in [0, 0.05) is 30.2 Å². The molecule has 1 aliphatic heterocycles. The fourth-order valence-corrected chi connectivity index (χ4v) is 3.58. The number of likely N-dealkylation sites (tertiary alicyclic amines) is 1. The number of aryl methyl sites for hydroxylation is 1. The predicted octanol–water partition coefficient (Wildman–Crippen LogP) is 2.98. The Labute approximate surface area is 145 Å². The van der Waals surface area contributed by atoms with E-state index in [1.807, 2.05) is 35.9 Å². The van der Waals surface area contributed by atoms with Crippen LogP contribution in [0.4, 0.5) is 4.79 Å². The molecule has 0 aliphatic carbocycles. The van der Waals surface area contributed by atoms with Gasteiger partial charge in [-0.05, 0) is 31.9 Å². The van der Waals surface area contributed by atoms with Crippen LogP contribution in [0.2, 0.25) is 0 Å². The summed E-state index contributed by atoms with van der Waals surface area (Å²) in [5.41, 5.74) is 0.880. The number of urea groups is 1. The first-order chi connectivity index (χ1) is 11.6. The molecule has 0 N–H and O–H groups in total. The molecule has 1 saturated heterocycles. The first kappa shape index (κ1) is 16.6. The lowest BCUT2D eigenvalue weighted by Gasteiger charge is -2.12. The summed E-state index contributed by atoms with van der Waals surface area (Å²) in [6, 6.07) is 5.49. The third-order valence-electron chi connectivity index (χ3n) is 3.98. The number of aromatic nitrogens is 1. The molecule has 0 unspecified atom stereocenters. The van der Waals surface area contributed by atoms with E-state index in [1.165, 1.54) is 11.3 Å². The van der Waals surface area contributed by atoms with Crippen LogP contribution in [0.25, 0.3) is 5.69 Å². The van der Waals surface area contributed by atoms with Crippen molar-refractivity contribution in [3.05, 3.63) is 34.1 Å². The molecule has 1 aromatic carbocycles. The number of amides is 2. The highest BCUT2D eigenvalue weighted by atomic mass is 32.1. The molecule has 0 spiro atoms. The van der Waals surface area contributed by atoms with E-state index >= 15 is 0 Å². The minimum Gasteiger partial charge on any atom is -0.493 e. The third-order valence-corrected chi connectivity index (χ3v) is 4.88. The molecule has 1 aromatic heterocycles. The smallest absolute Gasteiger partial charge is 0.346 e. The highest BCUT2D eigenvalue weighted by Gasteiger charge is 2.17. The lowest BCUT2D eigenvalue weighted by molar-refractivity contribution is 0.218. The second kappa shape index (κ2) is 7.09. The first-order valence-electron chi connectivity index (χ1n) is 7.87. The van der Waals surface area contributed by atoms with Crippen LogP contribution < -0.4 is 14.3 Å². The van der Waals surface area contributed by atoms with E-state index in [0.717, 1.165) is 36.5 Å². The number of rotatable bonds is 3. The van der Waals surface area contributed by atoms with Crippen molar-refractivity contribution in [3.63, 3.8) is 0 Å². The second-order valence-electron chi connectivity index (χ2n) is 5.62. The Morgan fingerprint density at radius 2 is 1.88 bits per heavy atom. The number of hydrogen-bond donors (Lipinski definition) is 0. The average molecular weight is 347 g/mol. The van der Waals surface area contributed by atoms with Gasteiger partial charge in [0.25, 0.3) is 0 Å². The Bertz CT molecular complexity index is 804. The van der Waals surface area contributed by atoms with E-state index in [1.54, 1.807) is 19.1 Å².